The predicted molar refractivity (Wildman–Crippen MR) is 52.9 cm³/mol. The third-order valence-electron chi connectivity index (χ3n) is 2.76. The van der Waals surface area contributed by atoms with Crippen molar-refractivity contribution in [1.29, 1.82) is 0 Å². The lowest BCUT2D eigenvalue weighted by molar-refractivity contribution is 0.694. The standard InChI is InChI=1S/C12H16/c1-10-6-8-11-4-2-3-5-12(11)9-7-10/h6-10H,2-5H2,1H3. The van der Waals surface area contributed by atoms with Crippen molar-refractivity contribution in [2.45, 2.75) is 32.6 Å². The van der Waals surface area contributed by atoms with Crippen molar-refractivity contribution in [2.24, 2.45) is 5.92 Å². The summed E-state index contributed by atoms with van der Waals surface area (Å²) in [7, 11) is 0. The van der Waals surface area contributed by atoms with Crippen molar-refractivity contribution < 1.29 is 0 Å². The molecule has 0 aliphatic heterocycles. The van der Waals surface area contributed by atoms with Gasteiger partial charge in [-0.15, -0.1) is 0 Å². The summed E-state index contributed by atoms with van der Waals surface area (Å²) >= 11 is 0. The molecule has 0 radical (unpaired) electrons. The largest absolute Gasteiger partial charge is 0.0776 e. The Morgan fingerprint density at radius 3 is 2.00 bits per heavy atom. The molecule has 0 heterocycles. The molecule has 0 fully saturated rings. The molecule has 64 valence electrons. The molecule has 0 saturated heterocycles. The zero-order chi connectivity index (χ0) is 8.39. The third kappa shape index (κ3) is 1.52. The van der Waals surface area contributed by atoms with Gasteiger partial charge in [0.2, 0.25) is 0 Å². The Morgan fingerprint density at radius 2 is 1.50 bits per heavy atom. The minimum Gasteiger partial charge on any atom is -0.0776 e. The first-order chi connectivity index (χ1) is 5.86. The lowest BCUT2D eigenvalue weighted by Gasteiger charge is -2.14. The predicted octanol–water partition coefficient (Wildman–Crippen LogP) is 3.62. The van der Waals surface area contributed by atoms with Gasteiger partial charge in [0.15, 0.2) is 0 Å². The highest BCUT2D eigenvalue weighted by Gasteiger charge is 2.10. The Balaban J connectivity index is 2.29. The van der Waals surface area contributed by atoms with Crippen LogP contribution in [0.15, 0.2) is 35.5 Å². The molecule has 0 spiro atoms. The van der Waals surface area contributed by atoms with Crippen LogP contribution in [-0.4, -0.2) is 0 Å². The zero-order valence-corrected chi connectivity index (χ0v) is 7.72. The van der Waals surface area contributed by atoms with Crippen molar-refractivity contribution in [1.82, 2.24) is 0 Å². The molecule has 0 unspecified atom stereocenters. The van der Waals surface area contributed by atoms with Gasteiger partial charge < -0.3 is 0 Å². The molecule has 0 saturated carbocycles. The van der Waals surface area contributed by atoms with E-state index in [-0.39, 0.29) is 0 Å². The smallest absolute Gasteiger partial charge is 0.00754 e. The highest BCUT2D eigenvalue weighted by molar-refractivity contribution is 5.37. The van der Waals surface area contributed by atoms with Crippen molar-refractivity contribution in [2.75, 3.05) is 0 Å². The van der Waals surface area contributed by atoms with Gasteiger partial charge in [0.1, 0.15) is 0 Å². The summed E-state index contributed by atoms with van der Waals surface area (Å²) in [5.41, 5.74) is 3.17. The van der Waals surface area contributed by atoms with Crippen LogP contribution in [0.4, 0.5) is 0 Å². The van der Waals surface area contributed by atoms with Crippen LogP contribution >= 0.6 is 0 Å². The van der Waals surface area contributed by atoms with Gasteiger partial charge in [-0.05, 0) is 42.7 Å². The minimum absolute atomic E-state index is 0.621. The number of hydrogen-bond acceptors (Lipinski definition) is 0. The Hall–Kier alpha value is -0.780. The van der Waals surface area contributed by atoms with E-state index in [1.54, 1.807) is 11.1 Å². The molecule has 0 aromatic heterocycles. The molecule has 0 nitrogen and oxygen atoms in total. The monoisotopic (exact) mass is 160 g/mol. The van der Waals surface area contributed by atoms with Crippen LogP contribution < -0.4 is 0 Å². The van der Waals surface area contributed by atoms with Crippen LogP contribution in [0, 0.1) is 5.92 Å². The third-order valence-corrected chi connectivity index (χ3v) is 2.76. The van der Waals surface area contributed by atoms with Gasteiger partial charge in [-0.2, -0.15) is 0 Å². The molecule has 0 aromatic rings. The minimum atomic E-state index is 0.621. The average Bonchev–Trinajstić information content (AvgIpc) is 2.29. The second-order valence-corrected chi connectivity index (χ2v) is 3.83. The Labute approximate surface area is 74.7 Å². The van der Waals surface area contributed by atoms with Crippen molar-refractivity contribution in [3.05, 3.63) is 35.5 Å². The summed E-state index contributed by atoms with van der Waals surface area (Å²) in [4.78, 5) is 0. The molecule has 2 aliphatic rings. The first-order valence-corrected chi connectivity index (χ1v) is 4.95. The zero-order valence-electron chi connectivity index (χ0n) is 7.72. The van der Waals surface area contributed by atoms with Crippen molar-refractivity contribution in [3.63, 3.8) is 0 Å². The summed E-state index contributed by atoms with van der Waals surface area (Å²) in [6.07, 6.45) is 14.6. The highest BCUT2D eigenvalue weighted by atomic mass is 14.2. The van der Waals surface area contributed by atoms with E-state index in [4.69, 9.17) is 0 Å². The molecule has 0 N–H and O–H groups in total. The second-order valence-electron chi connectivity index (χ2n) is 3.83. The number of hydrogen-bond donors (Lipinski definition) is 0. The fraction of sp³-hybridized carbons (Fsp3) is 0.500. The maximum atomic E-state index is 2.33. The van der Waals surface area contributed by atoms with Crippen LogP contribution in [0.3, 0.4) is 0 Å². The van der Waals surface area contributed by atoms with Gasteiger partial charge in [-0.1, -0.05) is 31.2 Å². The van der Waals surface area contributed by atoms with E-state index in [9.17, 15) is 0 Å². The van der Waals surface area contributed by atoms with Gasteiger partial charge in [0.05, 0.1) is 0 Å². The summed E-state index contributed by atoms with van der Waals surface area (Å²) in [6, 6.07) is 0. The summed E-state index contributed by atoms with van der Waals surface area (Å²) in [5, 5.41) is 0. The van der Waals surface area contributed by atoms with E-state index >= 15 is 0 Å². The first-order valence-electron chi connectivity index (χ1n) is 4.95. The maximum absolute atomic E-state index is 2.33. The summed E-state index contributed by atoms with van der Waals surface area (Å²) < 4.78 is 0. The molecule has 0 heteroatoms. The molecule has 12 heavy (non-hydrogen) atoms. The van der Waals surface area contributed by atoms with Gasteiger partial charge in [0, 0.05) is 0 Å². The maximum Gasteiger partial charge on any atom is -0.00754 e. The van der Waals surface area contributed by atoms with E-state index in [1.165, 1.54) is 25.7 Å². The molecule has 2 aliphatic carbocycles. The van der Waals surface area contributed by atoms with E-state index in [0.29, 0.717) is 5.92 Å². The lowest BCUT2D eigenvalue weighted by atomic mass is 9.92. The van der Waals surface area contributed by atoms with Crippen molar-refractivity contribution in [3.8, 4) is 0 Å². The molecular formula is C12H16. The fourth-order valence-electron chi connectivity index (χ4n) is 1.93. The van der Waals surface area contributed by atoms with Gasteiger partial charge in [-0.25, -0.2) is 0 Å². The first kappa shape index (κ1) is 7.85. The van der Waals surface area contributed by atoms with Crippen LogP contribution in [0.25, 0.3) is 0 Å². The average molecular weight is 160 g/mol. The summed E-state index contributed by atoms with van der Waals surface area (Å²) in [5.74, 6) is 0.621. The van der Waals surface area contributed by atoms with E-state index in [2.05, 4.69) is 31.2 Å². The van der Waals surface area contributed by atoms with Crippen LogP contribution in [0.5, 0.6) is 0 Å². The Bertz CT molecular complexity index is 227. The van der Waals surface area contributed by atoms with Crippen LogP contribution in [-0.2, 0) is 0 Å². The molecule has 0 amide bonds. The molecular weight excluding hydrogens is 144 g/mol. The summed E-state index contributed by atoms with van der Waals surface area (Å²) in [6.45, 7) is 2.24. The quantitative estimate of drug-likeness (QED) is 0.507. The topological polar surface area (TPSA) is 0 Å². The van der Waals surface area contributed by atoms with E-state index in [1.807, 2.05) is 0 Å². The molecule has 0 aromatic carbocycles. The van der Waals surface area contributed by atoms with Crippen LogP contribution in [0.1, 0.15) is 32.6 Å². The Morgan fingerprint density at radius 1 is 1.00 bits per heavy atom. The molecule has 2 rings (SSSR count). The second kappa shape index (κ2) is 3.30. The van der Waals surface area contributed by atoms with Gasteiger partial charge >= 0.3 is 0 Å². The van der Waals surface area contributed by atoms with Crippen LogP contribution in [0.2, 0.25) is 0 Å². The highest BCUT2D eigenvalue weighted by Crippen LogP contribution is 2.28. The number of allylic oxidation sites excluding steroid dienone is 6. The van der Waals surface area contributed by atoms with E-state index < -0.39 is 0 Å². The van der Waals surface area contributed by atoms with Crippen molar-refractivity contribution >= 4 is 0 Å². The van der Waals surface area contributed by atoms with Gasteiger partial charge in [-0.3, -0.25) is 0 Å². The fourth-order valence-corrected chi connectivity index (χ4v) is 1.93. The lowest BCUT2D eigenvalue weighted by Crippen LogP contribution is -1.94. The SMILES string of the molecule is CC1C=CC2=C(C=C1)CCCC2. The number of rotatable bonds is 0. The van der Waals surface area contributed by atoms with Gasteiger partial charge in [0.25, 0.3) is 0 Å². The van der Waals surface area contributed by atoms with E-state index in [0.717, 1.165) is 0 Å². The Kier molecular flexibility index (Phi) is 2.16. The molecule has 0 bridgehead atoms. The molecule has 0 atom stereocenters. The normalized spacial score (nSPS) is 24.1.